The number of piperidine rings is 1. The molecule has 5 nitrogen and oxygen atoms in total. The highest BCUT2D eigenvalue weighted by Gasteiger charge is 2.25. The fourth-order valence-corrected chi connectivity index (χ4v) is 2.66. The SMILES string of the molecule is COCC1CCN(C(=O)c2cc(Br)cnc2N)CC1. The lowest BCUT2D eigenvalue weighted by molar-refractivity contribution is 0.0614. The van der Waals surface area contributed by atoms with Gasteiger partial charge in [-0.25, -0.2) is 4.98 Å². The summed E-state index contributed by atoms with van der Waals surface area (Å²) in [6.45, 7) is 2.26. The lowest BCUT2D eigenvalue weighted by Gasteiger charge is -2.31. The second-order valence-electron chi connectivity index (χ2n) is 4.78. The van der Waals surface area contributed by atoms with Crippen molar-refractivity contribution in [2.45, 2.75) is 12.8 Å². The molecule has 104 valence electrons. The molecule has 2 heterocycles. The van der Waals surface area contributed by atoms with Gasteiger partial charge < -0.3 is 15.4 Å². The molecule has 2 N–H and O–H groups in total. The van der Waals surface area contributed by atoms with E-state index < -0.39 is 0 Å². The van der Waals surface area contributed by atoms with E-state index in [0.29, 0.717) is 11.5 Å². The third-order valence-corrected chi connectivity index (χ3v) is 3.85. The molecule has 1 aliphatic rings. The van der Waals surface area contributed by atoms with E-state index in [4.69, 9.17) is 10.5 Å². The molecule has 2 rings (SSSR count). The van der Waals surface area contributed by atoms with Crippen molar-refractivity contribution in [3.05, 3.63) is 22.3 Å². The van der Waals surface area contributed by atoms with Crippen LogP contribution in [0.4, 0.5) is 5.82 Å². The Labute approximate surface area is 121 Å². The quantitative estimate of drug-likeness (QED) is 0.920. The number of rotatable bonds is 3. The fraction of sp³-hybridized carbons (Fsp3) is 0.538. The summed E-state index contributed by atoms with van der Waals surface area (Å²) in [5, 5.41) is 0. The van der Waals surface area contributed by atoms with E-state index in [2.05, 4.69) is 20.9 Å². The molecule has 1 fully saturated rings. The largest absolute Gasteiger partial charge is 0.384 e. The molecule has 1 aromatic rings. The summed E-state index contributed by atoms with van der Waals surface area (Å²) in [6, 6.07) is 1.73. The summed E-state index contributed by atoms with van der Waals surface area (Å²) in [7, 11) is 1.71. The molecule has 0 saturated carbocycles. The van der Waals surface area contributed by atoms with Gasteiger partial charge in [0.2, 0.25) is 0 Å². The van der Waals surface area contributed by atoms with Gasteiger partial charge in [0.15, 0.2) is 0 Å². The van der Waals surface area contributed by atoms with Gasteiger partial charge in [0.1, 0.15) is 5.82 Å². The number of nitrogens with zero attached hydrogens (tertiary/aromatic N) is 2. The van der Waals surface area contributed by atoms with Gasteiger partial charge in [-0.1, -0.05) is 0 Å². The Balaban J connectivity index is 2.03. The lowest BCUT2D eigenvalue weighted by atomic mass is 9.97. The number of nitrogen functional groups attached to an aromatic ring is 1. The van der Waals surface area contributed by atoms with E-state index in [-0.39, 0.29) is 11.7 Å². The van der Waals surface area contributed by atoms with E-state index in [1.54, 1.807) is 19.4 Å². The van der Waals surface area contributed by atoms with E-state index in [1.165, 1.54) is 0 Å². The van der Waals surface area contributed by atoms with Crippen LogP contribution in [0.15, 0.2) is 16.7 Å². The molecule has 6 heteroatoms. The predicted octanol–water partition coefficient (Wildman–Crippen LogP) is 1.92. The summed E-state index contributed by atoms with van der Waals surface area (Å²) < 4.78 is 5.92. The molecular weight excluding hydrogens is 310 g/mol. The van der Waals surface area contributed by atoms with Gasteiger partial charge in [0.25, 0.3) is 5.91 Å². The average Bonchev–Trinajstić information content (AvgIpc) is 2.42. The van der Waals surface area contributed by atoms with Crippen LogP contribution in [0.25, 0.3) is 0 Å². The van der Waals surface area contributed by atoms with Gasteiger partial charge in [0.05, 0.1) is 5.56 Å². The van der Waals surface area contributed by atoms with Crippen LogP contribution < -0.4 is 5.73 Å². The Hall–Kier alpha value is -1.14. The van der Waals surface area contributed by atoms with E-state index in [1.807, 2.05) is 4.90 Å². The van der Waals surface area contributed by atoms with Crippen LogP contribution in [0, 0.1) is 5.92 Å². The summed E-state index contributed by atoms with van der Waals surface area (Å²) >= 11 is 3.31. The van der Waals surface area contributed by atoms with Crippen molar-refractivity contribution < 1.29 is 9.53 Å². The van der Waals surface area contributed by atoms with Crippen LogP contribution in [0.2, 0.25) is 0 Å². The molecule has 1 aliphatic heterocycles. The van der Waals surface area contributed by atoms with Crippen LogP contribution in [0.5, 0.6) is 0 Å². The molecule has 0 aromatic carbocycles. The Kier molecular flexibility index (Phi) is 4.76. The normalized spacial score (nSPS) is 16.6. The van der Waals surface area contributed by atoms with Crippen molar-refractivity contribution in [3.8, 4) is 0 Å². The smallest absolute Gasteiger partial charge is 0.257 e. The average molecular weight is 328 g/mol. The highest BCUT2D eigenvalue weighted by Crippen LogP contribution is 2.22. The number of methoxy groups -OCH3 is 1. The van der Waals surface area contributed by atoms with E-state index in [9.17, 15) is 4.79 Å². The Morgan fingerprint density at radius 1 is 1.58 bits per heavy atom. The molecule has 0 aliphatic carbocycles. The molecule has 1 amide bonds. The number of halogens is 1. The highest BCUT2D eigenvalue weighted by atomic mass is 79.9. The Morgan fingerprint density at radius 3 is 2.89 bits per heavy atom. The Morgan fingerprint density at radius 2 is 2.26 bits per heavy atom. The topological polar surface area (TPSA) is 68.5 Å². The zero-order valence-corrected chi connectivity index (χ0v) is 12.5. The standard InChI is InChI=1S/C13H18BrN3O2/c1-19-8-9-2-4-17(5-3-9)13(18)11-6-10(14)7-16-12(11)15/h6-7,9H,2-5,8H2,1H3,(H2,15,16). The first kappa shape index (κ1) is 14.3. The molecule has 0 bridgehead atoms. The van der Waals surface area contributed by atoms with Gasteiger partial charge in [-0.05, 0) is 40.8 Å². The second kappa shape index (κ2) is 6.34. The lowest BCUT2D eigenvalue weighted by Crippen LogP contribution is -2.39. The number of ether oxygens (including phenoxy) is 1. The molecule has 0 atom stereocenters. The van der Waals surface area contributed by atoms with Crippen molar-refractivity contribution >= 4 is 27.7 Å². The number of likely N-dealkylation sites (tertiary alicyclic amines) is 1. The highest BCUT2D eigenvalue weighted by molar-refractivity contribution is 9.10. The fourth-order valence-electron chi connectivity index (χ4n) is 2.33. The van der Waals surface area contributed by atoms with Crippen molar-refractivity contribution in [1.29, 1.82) is 0 Å². The van der Waals surface area contributed by atoms with Crippen LogP contribution >= 0.6 is 15.9 Å². The first-order chi connectivity index (χ1) is 9.11. The number of amides is 1. The molecular formula is C13H18BrN3O2. The zero-order valence-electron chi connectivity index (χ0n) is 10.9. The minimum absolute atomic E-state index is 0.0397. The number of nitrogens with two attached hydrogens (primary N) is 1. The summed E-state index contributed by atoms with van der Waals surface area (Å²) in [5.41, 5.74) is 6.24. The van der Waals surface area contributed by atoms with Crippen molar-refractivity contribution in [1.82, 2.24) is 9.88 Å². The first-order valence-corrected chi connectivity index (χ1v) is 7.10. The summed E-state index contributed by atoms with van der Waals surface area (Å²) in [5.74, 6) is 0.793. The monoisotopic (exact) mass is 327 g/mol. The molecule has 1 aromatic heterocycles. The minimum Gasteiger partial charge on any atom is -0.384 e. The summed E-state index contributed by atoms with van der Waals surface area (Å²) in [6.07, 6.45) is 3.54. The van der Waals surface area contributed by atoms with E-state index in [0.717, 1.165) is 37.0 Å². The first-order valence-electron chi connectivity index (χ1n) is 6.31. The molecule has 19 heavy (non-hydrogen) atoms. The zero-order chi connectivity index (χ0) is 13.8. The third kappa shape index (κ3) is 3.45. The molecule has 0 radical (unpaired) electrons. The predicted molar refractivity (Wildman–Crippen MR) is 76.9 cm³/mol. The van der Waals surface area contributed by atoms with Gasteiger partial charge in [-0.2, -0.15) is 0 Å². The van der Waals surface area contributed by atoms with Crippen molar-refractivity contribution in [3.63, 3.8) is 0 Å². The van der Waals surface area contributed by atoms with Gasteiger partial charge in [0, 0.05) is 37.5 Å². The maximum Gasteiger partial charge on any atom is 0.257 e. The van der Waals surface area contributed by atoms with Crippen LogP contribution in [0.3, 0.4) is 0 Å². The Bertz CT molecular complexity index is 459. The van der Waals surface area contributed by atoms with Crippen LogP contribution in [-0.4, -0.2) is 42.6 Å². The third-order valence-electron chi connectivity index (χ3n) is 3.42. The van der Waals surface area contributed by atoms with Gasteiger partial charge in [-0.15, -0.1) is 0 Å². The number of anilines is 1. The molecule has 0 spiro atoms. The summed E-state index contributed by atoms with van der Waals surface area (Å²) in [4.78, 5) is 18.2. The molecule has 0 unspecified atom stereocenters. The number of carbonyl (C=O) groups is 1. The second-order valence-corrected chi connectivity index (χ2v) is 5.69. The molecule has 1 saturated heterocycles. The van der Waals surface area contributed by atoms with Crippen LogP contribution in [-0.2, 0) is 4.74 Å². The van der Waals surface area contributed by atoms with Gasteiger partial charge >= 0.3 is 0 Å². The maximum atomic E-state index is 12.4. The maximum absolute atomic E-state index is 12.4. The van der Waals surface area contributed by atoms with Crippen molar-refractivity contribution in [2.75, 3.05) is 32.5 Å². The van der Waals surface area contributed by atoms with Crippen LogP contribution in [0.1, 0.15) is 23.2 Å². The number of carbonyl (C=O) groups excluding carboxylic acids is 1. The number of hydrogen-bond donors (Lipinski definition) is 1. The number of pyridine rings is 1. The minimum atomic E-state index is -0.0397. The number of aromatic nitrogens is 1. The van der Waals surface area contributed by atoms with E-state index >= 15 is 0 Å². The van der Waals surface area contributed by atoms with Crippen molar-refractivity contribution in [2.24, 2.45) is 5.92 Å². The number of hydrogen-bond acceptors (Lipinski definition) is 4. The van der Waals surface area contributed by atoms with Gasteiger partial charge in [-0.3, -0.25) is 4.79 Å².